The van der Waals surface area contributed by atoms with Crippen LogP contribution in [0.1, 0.15) is 5.82 Å². The molecule has 2 N–H and O–H groups in total. The minimum atomic E-state index is -0.372. The summed E-state index contributed by atoms with van der Waals surface area (Å²) in [6.45, 7) is 2.52. The lowest BCUT2D eigenvalue weighted by Crippen LogP contribution is -2.48. The van der Waals surface area contributed by atoms with Crippen molar-refractivity contribution in [3.05, 3.63) is 12.2 Å². The van der Waals surface area contributed by atoms with E-state index >= 15 is 0 Å². The van der Waals surface area contributed by atoms with Crippen LogP contribution in [0, 0.1) is 0 Å². The van der Waals surface area contributed by atoms with Gasteiger partial charge in [-0.05, 0) is 0 Å². The van der Waals surface area contributed by atoms with E-state index in [0.29, 0.717) is 26.1 Å². The van der Waals surface area contributed by atoms with Gasteiger partial charge in [0.15, 0.2) is 0 Å². The quantitative estimate of drug-likeness (QED) is 0.665. The Kier molecular flexibility index (Phi) is 4.05. The number of carbonyl (C=O) groups is 1. The van der Waals surface area contributed by atoms with Crippen LogP contribution in [-0.2, 0) is 23.0 Å². The van der Waals surface area contributed by atoms with Crippen LogP contribution in [0.15, 0.2) is 6.33 Å². The second-order valence-corrected chi connectivity index (χ2v) is 3.96. The molecule has 0 spiro atoms. The highest BCUT2D eigenvalue weighted by Crippen LogP contribution is 1.96. The standard InChI is InChI=1S/C10H17N5O2/c1-15-7-13-14-9(15)2-3-12-10(16)8-6-11-4-5-17-8/h7-8,11H,2-6H2,1H3,(H,12,16). The highest BCUT2D eigenvalue weighted by molar-refractivity contribution is 5.81. The average Bonchev–Trinajstić information content (AvgIpc) is 2.76. The van der Waals surface area contributed by atoms with Crippen molar-refractivity contribution in [1.82, 2.24) is 25.4 Å². The van der Waals surface area contributed by atoms with Crippen molar-refractivity contribution in [3.63, 3.8) is 0 Å². The van der Waals surface area contributed by atoms with Gasteiger partial charge in [0.2, 0.25) is 5.91 Å². The predicted octanol–water partition coefficient (Wildman–Crippen LogP) is -1.54. The van der Waals surface area contributed by atoms with Crippen LogP contribution in [0.3, 0.4) is 0 Å². The fourth-order valence-electron chi connectivity index (χ4n) is 1.68. The van der Waals surface area contributed by atoms with E-state index in [4.69, 9.17) is 4.74 Å². The second-order valence-electron chi connectivity index (χ2n) is 3.96. The van der Waals surface area contributed by atoms with E-state index in [1.54, 1.807) is 6.33 Å². The molecule has 94 valence electrons. The summed E-state index contributed by atoms with van der Waals surface area (Å²) in [5.74, 6) is 0.785. The summed E-state index contributed by atoms with van der Waals surface area (Å²) in [6.07, 6.45) is 1.94. The van der Waals surface area contributed by atoms with Gasteiger partial charge < -0.3 is 19.9 Å². The van der Waals surface area contributed by atoms with Crippen molar-refractivity contribution in [3.8, 4) is 0 Å². The molecule has 0 saturated carbocycles. The SMILES string of the molecule is Cn1cnnc1CCNC(=O)C1CNCCO1. The molecule has 0 aliphatic carbocycles. The van der Waals surface area contributed by atoms with Crippen LogP contribution < -0.4 is 10.6 Å². The summed E-state index contributed by atoms with van der Waals surface area (Å²) in [5.41, 5.74) is 0. The maximum absolute atomic E-state index is 11.7. The zero-order valence-electron chi connectivity index (χ0n) is 9.85. The molecule has 1 aliphatic heterocycles. The van der Waals surface area contributed by atoms with Gasteiger partial charge in [-0.1, -0.05) is 0 Å². The first kappa shape index (κ1) is 12.0. The molecule has 0 aromatic carbocycles. The topological polar surface area (TPSA) is 81.1 Å². The number of morpholine rings is 1. The van der Waals surface area contributed by atoms with Crippen molar-refractivity contribution in [2.24, 2.45) is 7.05 Å². The molecule has 17 heavy (non-hydrogen) atoms. The van der Waals surface area contributed by atoms with Crippen molar-refractivity contribution in [2.75, 3.05) is 26.2 Å². The molecular weight excluding hydrogens is 222 g/mol. The first-order chi connectivity index (χ1) is 8.27. The maximum Gasteiger partial charge on any atom is 0.250 e. The lowest BCUT2D eigenvalue weighted by molar-refractivity contribution is -0.134. The van der Waals surface area contributed by atoms with Gasteiger partial charge in [0.25, 0.3) is 0 Å². The summed E-state index contributed by atoms with van der Waals surface area (Å²) in [7, 11) is 1.88. The first-order valence-electron chi connectivity index (χ1n) is 5.70. The summed E-state index contributed by atoms with van der Waals surface area (Å²) in [4.78, 5) is 11.7. The Hall–Kier alpha value is -1.47. The Morgan fingerprint density at radius 3 is 3.29 bits per heavy atom. The molecule has 1 aromatic rings. The number of hydrogen-bond donors (Lipinski definition) is 2. The van der Waals surface area contributed by atoms with Gasteiger partial charge in [-0.3, -0.25) is 4.79 Å². The van der Waals surface area contributed by atoms with Crippen LogP contribution in [-0.4, -0.2) is 53.0 Å². The van der Waals surface area contributed by atoms with Crippen LogP contribution in [0.2, 0.25) is 0 Å². The van der Waals surface area contributed by atoms with Crippen LogP contribution >= 0.6 is 0 Å². The maximum atomic E-state index is 11.7. The number of nitrogens with zero attached hydrogens (tertiary/aromatic N) is 3. The minimum absolute atomic E-state index is 0.0700. The van der Waals surface area contributed by atoms with Gasteiger partial charge in [0.05, 0.1) is 6.61 Å². The minimum Gasteiger partial charge on any atom is -0.366 e. The normalized spacial score (nSPS) is 20.2. The van der Waals surface area contributed by atoms with Crippen LogP contribution in [0.4, 0.5) is 0 Å². The van der Waals surface area contributed by atoms with Crippen molar-refractivity contribution in [2.45, 2.75) is 12.5 Å². The fraction of sp³-hybridized carbons (Fsp3) is 0.700. The fourth-order valence-corrected chi connectivity index (χ4v) is 1.68. The molecule has 1 amide bonds. The number of hydrogen-bond acceptors (Lipinski definition) is 5. The lowest BCUT2D eigenvalue weighted by atomic mass is 10.3. The van der Waals surface area contributed by atoms with Gasteiger partial charge in [-0.2, -0.15) is 0 Å². The van der Waals surface area contributed by atoms with E-state index in [1.165, 1.54) is 0 Å². The number of carbonyl (C=O) groups excluding carboxylic acids is 1. The predicted molar refractivity (Wildman–Crippen MR) is 60.3 cm³/mol. The number of ether oxygens (including phenoxy) is 1. The third kappa shape index (κ3) is 3.24. The van der Waals surface area contributed by atoms with E-state index in [0.717, 1.165) is 12.4 Å². The summed E-state index contributed by atoms with van der Waals surface area (Å²) in [6, 6.07) is 0. The molecule has 7 heteroatoms. The van der Waals surface area contributed by atoms with E-state index in [2.05, 4.69) is 20.8 Å². The molecule has 2 rings (SSSR count). The molecule has 1 unspecified atom stereocenters. The molecular formula is C10H17N5O2. The Labute approximate surface area is 99.5 Å². The molecule has 1 fully saturated rings. The number of rotatable bonds is 4. The van der Waals surface area contributed by atoms with Crippen LogP contribution in [0.25, 0.3) is 0 Å². The molecule has 0 bridgehead atoms. The Morgan fingerprint density at radius 2 is 2.65 bits per heavy atom. The number of amides is 1. The zero-order chi connectivity index (χ0) is 12.1. The third-order valence-electron chi connectivity index (χ3n) is 2.67. The number of nitrogens with one attached hydrogen (secondary N) is 2. The molecule has 0 radical (unpaired) electrons. The van der Waals surface area contributed by atoms with Gasteiger partial charge in [-0.15, -0.1) is 10.2 Å². The highest BCUT2D eigenvalue weighted by atomic mass is 16.5. The van der Waals surface area contributed by atoms with Gasteiger partial charge in [-0.25, -0.2) is 0 Å². The largest absolute Gasteiger partial charge is 0.366 e. The van der Waals surface area contributed by atoms with E-state index < -0.39 is 0 Å². The van der Waals surface area contributed by atoms with Crippen molar-refractivity contribution < 1.29 is 9.53 Å². The van der Waals surface area contributed by atoms with Crippen molar-refractivity contribution >= 4 is 5.91 Å². The molecule has 1 atom stereocenters. The summed E-state index contributed by atoms with van der Waals surface area (Å²) in [5, 5.41) is 13.7. The lowest BCUT2D eigenvalue weighted by Gasteiger charge is -2.22. The Bertz CT molecular complexity index is 373. The van der Waals surface area contributed by atoms with E-state index in [1.807, 2.05) is 11.6 Å². The second kappa shape index (κ2) is 5.74. The van der Waals surface area contributed by atoms with Gasteiger partial charge in [0.1, 0.15) is 18.3 Å². The Morgan fingerprint density at radius 1 is 1.76 bits per heavy atom. The van der Waals surface area contributed by atoms with Gasteiger partial charge >= 0.3 is 0 Å². The summed E-state index contributed by atoms with van der Waals surface area (Å²) >= 11 is 0. The molecule has 2 heterocycles. The molecule has 1 aromatic heterocycles. The van der Waals surface area contributed by atoms with E-state index in [-0.39, 0.29) is 12.0 Å². The van der Waals surface area contributed by atoms with Crippen molar-refractivity contribution in [1.29, 1.82) is 0 Å². The zero-order valence-corrected chi connectivity index (χ0v) is 9.85. The third-order valence-corrected chi connectivity index (χ3v) is 2.67. The van der Waals surface area contributed by atoms with Gasteiger partial charge in [0, 0.05) is 33.1 Å². The monoisotopic (exact) mass is 239 g/mol. The summed E-state index contributed by atoms with van der Waals surface area (Å²) < 4.78 is 7.18. The van der Waals surface area contributed by atoms with E-state index in [9.17, 15) is 4.79 Å². The molecule has 7 nitrogen and oxygen atoms in total. The smallest absolute Gasteiger partial charge is 0.250 e. The number of aryl methyl sites for hydroxylation is 1. The number of aromatic nitrogens is 3. The molecule has 1 saturated heterocycles. The van der Waals surface area contributed by atoms with Crippen LogP contribution in [0.5, 0.6) is 0 Å². The Balaban J connectivity index is 1.71. The molecule has 1 aliphatic rings. The highest BCUT2D eigenvalue weighted by Gasteiger charge is 2.21. The average molecular weight is 239 g/mol. The first-order valence-corrected chi connectivity index (χ1v) is 5.70.